The van der Waals surface area contributed by atoms with E-state index in [0.717, 1.165) is 28.4 Å². The molecule has 32 heavy (non-hydrogen) atoms. The van der Waals surface area contributed by atoms with Crippen LogP contribution in [0.5, 0.6) is 5.75 Å². The minimum absolute atomic E-state index is 0.0887. The highest BCUT2D eigenvalue weighted by Gasteiger charge is 2.15. The SMILES string of the molecule is COc1ccc(-n2c(C)cc(/C=C(\C#N)C(=O)NCC(=O)Nc3cccnc3)c2C)cc1. The molecular weight excluding hydrogens is 406 g/mol. The second-order valence-corrected chi connectivity index (χ2v) is 7.00. The first-order valence-corrected chi connectivity index (χ1v) is 9.86. The van der Waals surface area contributed by atoms with E-state index in [0.29, 0.717) is 5.69 Å². The van der Waals surface area contributed by atoms with Crippen LogP contribution in [0.2, 0.25) is 0 Å². The highest BCUT2D eigenvalue weighted by atomic mass is 16.5. The molecule has 3 rings (SSSR count). The highest BCUT2D eigenvalue weighted by Crippen LogP contribution is 2.24. The monoisotopic (exact) mass is 429 g/mol. The van der Waals surface area contributed by atoms with Crippen LogP contribution in [0, 0.1) is 25.2 Å². The van der Waals surface area contributed by atoms with Gasteiger partial charge >= 0.3 is 0 Å². The molecular formula is C24H23N5O3. The molecule has 162 valence electrons. The number of hydrogen-bond donors (Lipinski definition) is 2. The Hall–Kier alpha value is -4.38. The number of hydrogen-bond acceptors (Lipinski definition) is 5. The maximum Gasteiger partial charge on any atom is 0.262 e. The van der Waals surface area contributed by atoms with Gasteiger partial charge in [0, 0.05) is 23.3 Å². The zero-order valence-corrected chi connectivity index (χ0v) is 18.0. The number of methoxy groups -OCH3 is 1. The zero-order valence-electron chi connectivity index (χ0n) is 18.0. The smallest absolute Gasteiger partial charge is 0.262 e. The number of carbonyl (C=O) groups excluding carboxylic acids is 2. The summed E-state index contributed by atoms with van der Waals surface area (Å²) in [5.41, 5.74) is 3.94. The molecule has 0 saturated heterocycles. The van der Waals surface area contributed by atoms with Crippen molar-refractivity contribution in [2.75, 3.05) is 19.0 Å². The number of amides is 2. The summed E-state index contributed by atoms with van der Waals surface area (Å²) in [7, 11) is 1.61. The largest absolute Gasteiger partial charge is 0.497 e. The van der Waals surface area contributed by atoms with Gasteiger partial charge in [0.2, 0.25) is 5.91 Å². The molecule has 2 aromatic heterocycles. The first-order chi connectivity index (χ1) is 15.4. The Morgan fingerprint density at radius 3 is 2.59 bits per heavy atom. The van der Waals surface area contributed by atoms with E-state index in [1.807, 2.05) is 54.8 Å². The molecule has 0 spiro atoms. The van der Waals surface area contributed by atoms with Gasteiger partial charge in [-0.1, -0.05) is 0 Å². The van der Waals surface area contributed by atoms with Crippen LogP contribution in [0.15, 0.2) is 60.4 Å². The van der Waals surface area contributed by atoms with Gasteiger partial charge in [0.05, 0.1) is 25.5 Å². The van der Waals surface area contributed by atoms with Crippen molar-refractivity contribution in [3.8, 4) is 17.5 Å². The van der Waals surface area contributed by atoms with Crippen LogP contribution in [0.3, 0.4) is 0 Å². The highest BCUT2D eigenvalue weighted by molar-refractivity contribution is 6.04. The number of pyridine rings is 1. The molecule has 0 aliphatic heterocycles. The molecule has 2 amide bonds. The number of aromatic nitrogens is 2. The van der Waals surface area contributed by atoms with E-state index in [-0.39, 0.29) is 12.1 Å². The van der Waals surface area contributed by atoms with Gasteiger partial charge < -0.3 is 19.9 Å². The van der Waals surface area contributed by atoms with Gasteiger partial charge in [-0.3, -0.25) is 14.6 Å². The summed E-state index contributed by atoms with van der Waals surface area (Å²) in [6.07, 6.45) is 4.61. The van der Waals surface area contributed by atoms with Crippen molar-refractivity contribution in [3.05, 3.63) is 77.4 Å². The van der Waals surface area contributed by atoms with E-state index in [1.54, 1.807) is 25.4 Å². The fourth-order valence-corrected chi connectivity index (χ4v) is 3.26. The fourth-order valence-electron chi connectivity index (χ4n) is 3.26. The normalized spacial score (nSPS) is 10.9. The Kier molecular flexibility index (Phi) is 7.03. The first-order valence-electron chi connectivity index (χ1n) is 9.86. The van der Waals surface area contributed by atoms with Crippen LogP contribution in [0.25, 0.3) is 11.8 Å². The standard InChI is InChI=1S/C24H23N5O3/c1-16-11-18(17(2)29(16)21-6-8-22(32-3)9-7-21)12-19(13-25)24(31)27-15-23(30)28-20-5-4-10-26-14-20/h4-12,14H,15H2,1-3H3,(H,27,31)(H,28,30)/b19-12+. The minimum Gasteiger partial charge on any atom is -0.497 e. The van der Waals surface area contributed by atoms with Crippen molar-refractivity contribution in [3.63, 3.8) is 0 Å². The van der Waals surface area contributed by atoms with E-state index >= 15 is 0 Å². The number of rotatable bonds is 7. The lowest BCUT2D eigenvalue weighted by Crippen LogP contribution is -2.33. The van der Waals surface area contributed by atoms with Crippen molar-refractivity contribution in [1.82, 2.24) is 14.9 Å². The minimum atomic E-state index is -0.622. The van der Waals surface area contributed by atoms with Crippen molar-refractivity contribution < 1.29 is 14.3 Å². The van der Waals surface area contributed by atoms with E-state index in [9.17, 15) is 14.9 Å². The average molecular weight is 429 g/mol. The van der Waals surface area contributed by atoms with Gasteiger partial charge in [-0.05, 0) is 68.0 Å². The summed E-state index contributed by atoms with van der Waals surface area (Å²) in [4.78, 5) is 28.4. The Labute approximate surface area is 186 Å². The van der Waals surface area contributed by atoms with Crippen LogP contribution < -0.4 is 15.4 Å². The molecule has 2 heterocycles. The molecule has 0 unspecified atom stereocenters. The van der Waals surface area contributed by atoms with E-state index in [4.69, 9.17) is 4.74 Å². The summed E-state index contributed by atoms with van der Waals surface area (Å²) in [6.45, 7) is 3.60. The molecule has 3 aromatic rings. The molecule has 1 aromatic carbocycles. The van der Waals surface area contributed by atoms with Gasteiger partial charge in [0.25, 0.3) is 5.91 Å². The third-order valence-corrected chi connectivity index (χ3v) is 4.82. The molecule has 0 aliphatic rings. The maximum atomic E-state index is 12.5. The Balaban J connectivity index is 1.73. The van der Waals surface area contributed by atoms with Crippen molar-refractivity contribution in [2.24, 2.45) is 0 Å². The van der Waals surface area contributed by atoms with Gasteiger partial charge in [-0.15, -0.1) is 0 Å². The molecule has 0 atom stereocenters. The van der Waals surface area contributed by atoms with Crippen LogP contribution >= 0.6 is 0 Å². The van der Waals surface area contributed by atoms with Gasteiger partial charge in [0.15, 0.2) is 0 Å². The maximum absolute atomic E-state index is 12.5. The number of nitrogens with one attached hydrogen (secondary N) is 2. The predicted octanol–water partition coefficient (Wildman–Crippen LogP) is 3.16. The third-order valence-electron chi connectivity index (χ3n) is 4.82. The number of carbonyl (C=O) groups is 2. The fraction of sp³-hybridized carbons (Fsp3) is 0.167. The number of ether oxygens (including phenoxy) is 1. The summed E-state index contributed by atoms with van der Waals surface area (Å²) < 4.78 is 7.23. The second-order valence-electron chi connectivity index (χ2n) is 7.00. The lowest BCUT2D eigenvalue weighted by atomic mass is 10.1. The van der Waals surface area contributed by atoms with Crippen LogP contribution in [0.1, 0.15) is 17.0 Å². The Morgan fingerprint density at radius 2 is 1.97 bits per heavy atom. The summed E-state index contributed by atoms with van der Waals surface area (Å²) in [6, 6.07) is 14.8. The third kappa shape index (κ3) is 5.21. The topological polar surface area (TPSA) is 109 Å². The summed E-state index contributed by atoms with van der Waals surface area (Å²) >= 11 is 0. The number of aryl methyl sites for hydroxylation is 1. The molecule has 0 aliphatic carbocycles. The Morgan fingerprint density at radius 1 is 1.22 bits per heavy atom. The van der Waals surface area contributed by atoms with E-state index < -0.39 is 11.8 Å². The van der Waals surface area contributed by atoms with Crippen LogP contribution in [-0.4, -0.2) is 35.0 Å². The van der Waals surface area contributed by atoms with Gasteiger partial charge in [0.1, 0.15) is 17.4 Å². The predicted molar refractivity (Wildman–Crippen MR) is 121 cm³/mol. The second kappa shape index (κ2) is 10.1. The molecule has 0 bridgehead atoms. The van der Waals surface area contributed by atoms with Crippen LogP contribution in [0.4, 0.5) is 5.69 Å². The van der Waals surface area contributed by atoms with Crippen molar-refractivity contribution in [2.45, 2.75) is 13.8 Å². The lowest BCUT2D eigenvalue weighted by molar-refractivity contribution is -0.121. The molecule has 8 nitrogen and oxygen atoms in total. The summed E-state index contributed by atoms with van der Waals surface area (Å²) in [5, 5.41) is 14.6. The van der Waals surface area contributed by atoms with Crippen LogP contribution in [-0.2, 0) is 9.59 Å². The van der Waals surface area contributed by atoms with E-state index in [1.165, 1.54) is 12.3 Å². The number of benzene rings is 1. The van der Waals surface area contributed by atoms with Crippen molar-refractivity contribution >= 4 is 23.6 Å². The van der Waals surface area contributed by atoms with Crippen molar-refractivity contribution in [1.29, 1.82) is 5.26 Å². The quantitative estimate of drug-likeness (QED) is 0.443. The first kappa shape index (κ1) is 22.3. The molecule has 0 radical (unpaired) electrons. The lowest BCUT2D eigenvalue weighted by Gasteiger charge is -2.10. The zero-order chi connectivity index (χ0) is 23.1. The molecule has 2 N–H and O–H groups in total. The average Bonchev–Trinajstić information content (AvgIpc) is 3.09. The number of nitriles is 1. The summed E-state index contributed by atoms with van der Waals surface area (Å²) in [5.74, 6) is -0.281. The van der Waals surface area contributed by atoms with Gasteiger partial charge in [-0.25, -0.2) is 0 Å². The van der Waals surface area contributed by atoms with Gasteiger partial charge in [-0.2, -0.15) is 5.26 Å². The van der Waals surface area contributed by atoms with E-state index in [2.05, 4.69) is 15.6 Å². The molecule has 8 heteroatoms. The Bertz CT molecular complexity index is 1190. The molecule has 0 saturated carbocycles. The molecule has 0 fully saturated rings. The number of nitrogens with zero attached hydrogens (tertiary/aromatic N) is 3. The number of anilines is 1.